The highest BCUT2D eigenvalue weighted by Gasteiger charge is 2.27. The number of fused-ring (bicyclic) bond motifs is 6. The molecule has 2 aliphatic heterocycles. The van der Waals surface area contributed by atoms with E-state index in [0.29, 0.717) is 87.3 Å². The lowest BCUT2D eigenvalue weighted by atomic mass is 10.1. The zero-order chi connectivity index (χ0) is 61.4. The van der Waals surface area contributed by atoms with Gasteiger partial charge in [-0.3, -0.25) is 33.7 Å². The minimum atomic E-state index is -0.925. The predicted molar refractivity (Wildman–Crippen MR) is 310 cm³/mol. The molecule has 25 heteroatoms. The monoisotopic (exact) mass is 1190 g/mol. The summed E-state index contributed by atoms with van der Waals surface area (Å²) in [4.78, 5) is 87.3. The maximum atomic E-state index is 15.4. The summed E-state index contributed by atoms with van der Waals surface area (Å²) in [7, 11) is 2.86. The van der Waals surface area contributed by atoms with Crippen LogP contribution < -0.4 is 66.3 Å². The number of rotatable bonds is 12. The number of methoxy groups -OCH3 is 1. The summed E-state index contributed by atoms with van der Waals surface area (Å²) in [6.45, 7) is 6.43. The number of ether oxygens (including phenoxy) is 7. The number of pyridine rings is 2. The molecule has 0 spiro atoms. The maximum Gasteiger partial charge on any atom is 0.335 e. The van der Waals surface area contributed by atoms with Gasteiger partial charge in [0.2, 0.25) is 5.75 Å². The van der Waals surface area contributed by atoms with Crippen LogP contribution >= 0.6 is 0 Å². The topological polar surface area (TPSA) is 237 Å². The molecule has 12 rings (SSSR count). The molecule has 0 atom stereocenters. The first-order valence-corrected chi connectivity index (χ1v) is 26.6. The lowest BCUT2D eigenvalue weighted by molar-refractivity contribution is 0.101. The summed E-state index contributed by atoms with van der Waals surface area (Å²) in [5, 5.41) is 6.08. The van der Waals surface area contributed by atoms with Gasteiger partial charge in [-0.05, 0) is 117 Å². The van der Waals surface area contributed by atoms with Crippen molar-refractivity contribution in [3.05, 3.63) is 215 Å². The zero-order valence-electron chi connectivity index (χ0n) is 46.7. The third-order valence-corrected chi connectivity index (χ3v) is 13.9. The average Bonchev–Trinajstić information content (AvgIpc) is 1.18. The van der Waals surface area contributed by atoms with Gasteiger partial charge in [-0.15, -0.1) is 0 Å². The largest absolute Gasteiger partial charge is 0.493 e. The van der Waals surface area contributed by atoms with Crippen LogP contribution in [0.2, 0.25) is 0 Å². The van der Waals surface area contributed by atoms with Crippen LogP contribution in [0.4, 0.5) is 28.9 Å². The second kappa shape index (κ2) is 23.8. The number of amides is 2. The van der Waals surface area contributed by atoms with Gasteiger partial charge >= 0.3 is 11.4 Å². The lowest BCUT2D eigenvalue weighted by Gasteiger charge is -2.23. The van der Waals surface area contributed by atoms with Gasteiger partial charge in [-0.2, -0.15) is 0 Å². The van der Waals surface area contributed by atoms with Gasteiger partial charge < -0.3 is 48.4 Å². The molecule has 2 amide bonds. The summed E-state index contributed by atoms with van der Waals surface area (Å²) in [5.74, 6) is -1.99. The Kier molecular flexibility index (Phi) is 15.7. The van der Waals surface area contributed by atoms with E-state index in [2.05, 4.69) is 20.6 Å². The van der Waals surface area contributed by atoms with E-state index in [9.17, 15) is 37.5 Å². The van der Waals surface area contributed by atoms with E-state index in [1.54, 1.807) is 51.1 Å². The van der Waals surface area contributed by atoms with Crippen molar-refractivity contribution in [1.29, 1.82) is 0 Å². The van der Waals surface area contributed by atoms with E-state index >= 15 is 8.78 Å². The molecule has 21 nitrogen and oxygen atoms in total. The second-order valence-electron chi connectivity index (χ2n) is 19.5. The van der Waals surface area contributed by atoms with Gasteiger partial charge in [0.1, 0.15) is 60.7 Å². The molecule has 87 heavy (non-hydrogen) atoms. The number of nitrogens with zero attached hydrogens (tertiary/aromatic N) is 6. The van der Waals surface area contributed by atoms with Crippen molar-refractivity contribution in [1.82, 2.24) is 28.2 Å². The Morgan fingerprint density at radius 1 is 0.552 bits per heavy atom. The number of hydrogen-bond acceptors (Lipinski definition) is 15. The molecule has 0 unspecified atom stereocenters. The third kappa shape index (κ3) is 11.2. The highest BCUT2D eigenvalue weighted by atomic mass is 19.1. The smallest absolute Gasteiger partial charge is 0.335 e. The number of aryl methyl sites for hydroxylation is 4. The Labute approximate surface area is 488 Å². The zero-order valence-corrected chi connectivity index (χ0v) is 46.7. The average molecular weight is 1190 g/mol. The molecule has 0 bridgehead atoms. The number of nitrogens with one attached hydrogen (secondary N) is 2. The first-order valence-electron chi connectivity index (χ1n) is 26.6. The van der Waals surface area contributed by atoms with E-state index in [0.717, 1.165) is 62.5 Å². The Hall–Kier alpha value is -11.2. The van der Waals surface area contributed by atoms with Crippen molar-refractivity contribution < 1.29 is 60.3 Å². The van der Waals surface area contributed by atoms with E-state index in [-0.39, 0.29) is 64.3 Å². The van der Waals surface area contributed by atoms with Gasteiger partial charge in [-0.25, -0.2) is 36.3 Å². The highest BCUT2D eigenvalue weighted by molar-refractivity contribution is 6.05. The first-order chi connectivity index (χ1) is 41.9. The van der Waals surface area contributed by atoms with E-state index < -0.39 is 57.6 Å². The van der Waals surface area contributed by atoms with E-state index in [4.69, 9.17) is 33.2 Å². The van der Waals surface area contributed by atoms with E-state index in [1.165, 1.54) is 67.5 Å². The van der Waals surface area contributed by atoms with Crippen molar-refractivity contribution >= 4 is 45.0 Å². The van der Waals surface area contributed by atoms with Crippen LogP contribution in [-0.2, 0) is 13.6 Å². The molecule has 2 aliphatic rings. The number of carbonyl (C=O) groups excluding carboxylic acids is 2. The van der Waals surface area contributed by atoms with Crippen LogP contribution in [0.5, 0.6) is 51.7 Å². The van der Waals surface area contributed by atoms with Gasteiger partial charge in [0.15, 0.2) is 46.1 Å². The first kappa shape index (κ1) is 57.6. The van der Waals surface area contributed by atoms with Crippen LogP contribution in [0.1, 0.15) is 38.8 Å². The summed E-state index contributed by atoms with van der Waals surface area (Å²) in [6, 6.07) is 22.6. The Morgan fingerprint density at radius 3 is 1.57 bits per heavy atom. The van der Waals surface area contributed by atoms with Crippen LogP contribution in [-0.4, -0.2) is 73.6 Å². The van der Waals surface area contributed by atoms with Crippen LogP contribution in [0.15, 0.2) is 147 Å². The predicted octanol–water partition coefficient (Wildman–Crippen LogP) is 9.47. The standard InChI is InChI=1S/C31H24F2N4O7.C31H24F2N4O6/c1-16-12-24(44-23-8-9-34-22-14-25(41-3)27-28(26(22)23)43-11-10-42-27)20(33)13-21(16)35-29(38)19-15-36(2)31(40)37(30(19)39)18-6-4-17(32)5-7-18;1-3-36-16-20(30(39)37(31(36)40)19-6-4-18(32)5-7-19)29(38)35-23-15-21(33)26(14-17(23)2)43-24-10-11-34-22-8-9-25-28(27(22)24)42-13-12-41-25/h4-9,12-15H,10-11H2,1-3H3,(H,35,38);4-11,14-16H,3,12-13H2,1-2H3,(H,35,38). The van der Waals surface area contributed by atoms with Crippen LogP contribution in [0, 0.1) is 37.1 Å². The fourth-order valence-corrected chi connectivity index (χ4v) is 9.61. The molecular weight excluding hydrogens is 1140 g/mol. The van der Waals surface area contributed by atoms with E-state index in [1.807, 2.05) is 0 Å². The quantitative estimate of drug-likeness (QED) is 0.108. The van der Waals surface area contributed by atoms with Crippen molar-refractivity contribution in [2.75, 3.05) is 44.2 Å². The molecule has 0 saturated carbocycles. The minimum Gasteiger partial charge on any atom is -0.493 e. The molecule has 4 aromatic heterocycles. The number of anilines is 2. The second-order valence-corrected chi connectivity index (χ2v) is 19.5. The van der Waals surface area contributed by atoms with Gasteiger partial charge in [0.05, 0.1) is 40.3 Å². The summed E-state index contributed by atoms with van der Waals surface area (Å²) in [6.07, 6.45) is 5.25. The summed E-state index contributed by atoms with van der Waals surface area (Å²) >= 11 is 0. The molecule has 0 radical (unpaired) electrons. The number of hydrogen-bond donors (Lipinski definition) is 2. The molecular formula is C62H48F4N8O13. The van der Waals surface area contributed by atoms with Gasteiger partial charge in [0.25, 0.3) is 22.9 Å². The normalized spacial score (nSPS) is 12.2. The maximum absolute atomic E-state index is 15.4. The summed E-state index contributed by atoms with van der Waals surface area (Å²) < 4.78 is 102. The van der Waals surface area contributed by atoms with Gasteiger partial charge in [0, 0.05) is 68.0 Å². The van der Waals surface area contributed by atoms with Crippen molar-refractivity contribution in [3.63, 3.8) is 0 Å². The molecule has 0 fully saturated rings. The minimum absolute atomic E-state index is 0.0693. The molecule has 6 aromatic carbocycles. The Bertz CT molecular complexity index is 4690. The Morgan fingerprint density at radius 2 is 1.03 bits per heavy atom. The molecule has 442 valence electrons. The fraction of sp³-hybridized carbons (Fsp3) is 0.161. The SMILES string of the molecule is CCn1cc(C(=O)Nc2cc(F)c(Oc3ccnc4ccc5c(c34)OCCO5)cc2C)c(=O)n(-c2ccc(F)cc2)c1=O.COc1cc2nccc(Oc3cc(C)c(NC(=O)c4cn(C)c(=O)n(-c5ccc(F)cc5)c4=O)cc3F)c2c2c1OCCO2. The molecule has 6 heterocycles. The number of benzene rings is 6. The number of aromatic nitrogens is 6. The molecule has 0 aliphatic carbocycles. The number of carbonyl (C=O) groups is 2. The molecule has 0 saturated heterocycles. The fourth-order valence-electron chi connectivity index (χ4n) is 9.61. The van der Waals surface area contributed by atoms with Gasteiger partial charge in [-0.1, -0.05) is 0 Å². The van der Waals surface area contributed by atoms with Crippen LogP contribution in [0.3, 0.4) is 0 Å². The van der Waals surface area contributed by atoms with Crippen molar-refractivity contribution in [2.24, 2.45) is 7.05 Å². The van der Waals surface area contributed by atoms with Crippen molar-refractivity contribution in [2.45, 2.75) is 27.3 Å². The summed E-state index contributed by atoms with van der Waals surface area (Å²) in [5.41, 5.74) is -1.77. The molecule has 10 aromatic rings. The highest BCUT2D eigenvalue weighted by Crippen LogP contribution is 2.49. The van der Waals surface area contributed by atoms with Crippen LogP contribution in [0.25, 0.3) is 33.2 Å². The lowest BCUT2D eigenvalue weighted by Crippen LogP contribution is -2.42. The number of halogens is 4. The molecule has 2 N–H and O–H groups in total. The van der Waals surface area contributed by atoms with Crippen molar-refractivity contribution in [3.8, 4) is 63.1 Å². The Balaban J connectivity index is 0.000000180. The third-order valence-electron chi connectivity index (χ3n) is 13.9.